The molecule has 0 radical (unpaired) electrons. The molecule has 4 amide bonds. The molecule has 2 N–H and O–H groups in total. The topological polar surface area (TPSA) is 187 Å². The van der Waals surface area contributed by atoms with Crippen molar-refractivity contribution < 1.29 is 52.5 Å². The van der Waals surface area contributed by atoms with Gasteiger partial charge in [0.25, 0.3) is 23.6 Å². The summed E-state index contributed by atoms with van der Waals surface area (Å²) >= 11 is 0. The Bertz CT molecular complexity index is 2270. The normalized spacial score (nSPS) is 11.0. The van der Waals surface area contributed by atoms with E-state index in [9.17, 15) is 33.6 Å². The fourth-order valence-electron chi connectivity index (χ4n) is 5.44. The van der Waals surface area contributed by atoms with Gasteiger partial charge in [0.05, 0.1) is 14.2 Å². The van der Waals surface area contributed by atoms with Crippen LogP contribution in [0.4, 0.5) is 0 Å². The molecule has 0 aromatic heterocycles. The summed E-state index contributed by atoms with van der Waals surface area (Å²) in [6, 6.07) is 24.6. The van der Waals surface area contributed by atoms with E-state index in [4.69, 9.17) is 9.47 Å². The third kappa shape index (κ3) is 13.2. The summed E-state index contributed by atoms with van der Waals surface area (Å²) in [7, 11) is 10.9. The van der Waals surface area contributed by atoms with Crippen LogP contribution in [0.3, 0.4) is 0 Å². The van der Waals surface area contributed by atoms with Gasteiger partial charge in [-0.05, 0) is 72.8 Å². The SMILES string of the molecule is CNC(=O)C(C(=O)OC)N(C)C(=O)c1ccc(C#Cc2ccc(C(OC)OC)cc2)cc1.CNC(=O)C(C(=O)OC)N(C)C(=O)c1ccc(C#Cc2ccc(C=O)cc2)cc1. The van der Waals surface area contributed by atoms with Crippen LogP contribution >= 0.6 is 0 Å². The predicted molar refractivity (Wildman–Crippen MR) is 224 cm³/mol. The number of nitrogens with zero attached hydrogens (tertiary/aromatic N) is 2. The first-order chi connectivity index (χ1) is 29.3. The minimum Gasteiger partial charge on any atom is -0.467 e. The molecule has 0 aliphatic heterocycles. The molecular weight excluding hydrogens is 785 g/mol. The number of aldehydes is 1. The van der Waals surface area contributed by atoms with Gasteiger partial charge in [0, 0.05) is 86.9 Å². The third-order valence-electron chi connectivity index (χ3n) is 8.88. The molecule has 0 bridgehead atoms. The van der Waals surface area contributed by atoms with Crippen molar-refractivity contribution in [2.45, 2.75) is 18.4 Å². The van der Waals surface area contributed by atoms with E-state index < -0.39 is 53.9 Å². The van der Waals surface area contributed by atoms with Crippen molar-refractivity contribution in [3.63, 3.8) is 0 Å². The molecule has 2 atom stereocenters. The van der Waals surface area contributed by atoms with E-state index in [1.165, 1.54) is 28.2 Å². The van der Waals surface area contributed by atoms with Gasteiger partial charge >= 0.3 is 11.9 Å². The van der Waals surface area contributed by atoms with Gasteiger partial charge in [-0.1, -0.05) is 47.9 Å². The number of benzene rings is 4. The lowest BCUT2D eigenvalue weighted by Crippen LogP contribution is -2.51. The molecule has 0 fully saturated rings. The van der Waals surface area contributed by atoms with Crippen molar-refractivity contribution in [3.8, 4) is 23.7 Å². The van der Waals surface area contributed by atoms with Crippen molar-refractivity contribution in [3.05, 3.63) is 142 Å². The van der Waals surface area contributed by atoms with Crippen molar-refractivity contribution in [1.82, 2.24) is 20.4 Å². The maximum atomic E-state index is 12.7. The number of ether oxygens (including phenoxy) is 4. The molecule has 2 unspecified atom stereocenters. The lowest BCUT2D eigenvalue weighted by molar-refractivity contribution is -0.151. The number of methoxy groups -OCH3 is 4. The average Bonchev–Trinajstić information content (AvgIpc) is 3.30. The molecule has 0 heterocycles. The first kappa shape index (κ1) is 47.8. The fraction of sp³-hybridized carbons (Fsp3) is 0.239. The van der Waals surface area contributed by atoms with Gasteiger partial charge in [-0.15, -0.1) is 0 Å². The summed E-state index contributed by atoms with van der Waals surface area (Å²) in [6.45, 7) is 0. The monoisotopic (exact) mass is 830 g/mol. The molecule has 4 rings (SSSR count). The molecule has 0 spiro atoms. The van der Waals surface area contributed by atoms with E-state index in [1.807, 2.05) is 24.3 Å². The largest absolute Gasteiger partial charge is 0.467 e. The van der Waals surface area contributed by atoms with Crippen LogP contribution in [0, 0.1) is 23.7 Å². The first-order valence-electron chi connectivity index (χ1n) is 18.3. The Morgan fingerprint density at radius 1 is 0.525 bits per heavy atom. The highest BCUT2D eigenvalue weighted by molar-refractivity contribution is 6.08. The zero-order chi connectivity index (χ0) is 45.1. The van der Waals surface area contributed by atoms with Crippen LogP contribution < -0.4 is 10.6 Å². The Labute approximate surface area is 354 Å². The highest BCUT2D eigenvalue weighted by atomic mass is 16.7. The Morgan fingerprint density at radius 2 is 0.836 bits per heavy atom. The van der Waals surface area contributed by atoms with E-state index in [0.29, 0.717) is 27.8 Å². The minimum absolute atomic E-state index is 0.297. The third-order valence-corrected chi connectivity index (χ3v) is 8.88. The molecule has 0 saturated heterocycles. The van der Waals surface area contributed by atoms with Crippen LogP contribution in [-0.2, 0) is 38.1 Å². The van der Waals surface area contributed by atoms with Gasteiger partial charge in [0.1, 0.15) is 6.29 Å². The number of nitrogens with one attached hydrogen (secondary N) is 2. The molecule has 316 valence electrons. The summed E-state index contributed by atoms with van der Waals surface area (Å²) in [6.07, 6.45) is 0.334. The summed E-state index contributed by atoms with van der Waals surface area (Å²) < 4.78 is 19.7. The Kier molecular flexibility index (Phi) is 18.6. The number of hydrogen-bond acceptors (Lipinski definition) is 11. The van der Waals surface area contributed by atoms with Crippen LogP contribution in [0.15, 0.2) is 97.1 Å². The number of carbonyl (C=O) groups excluding carboxylic acids is 7. The second-order valence-electron chi connectivity index (χ2n) is 12.7. The number of rotatable bonds is 12. The Morgan fingerprint density at radius 3 is 1.11 bits per heavy atom. The molecule has 15 nitrogen and oxygen atoms in total. The van der Waals surface area contributed by atoms with Gasteiger partial charge in [0.2, 0.25) is 12.1 Å². The van der Waals surface area contributed by atoms with Crippen molar-refractivity contribution in [2.75, 3.05) is 56.6 Å². The smallest absolute Gasteiger partial charge is 0.338 e. The first-order valence-corrected chi connectivity index (χ1v) is 18.3. The fourth-order valence-corrected chi connectivity index (χ4v) is 5.44. The number of carbonyl (C=O) groups is 7. The van der Waals surface area contributed by atoms with Crippen LogP contribution in [0.2, 0.25) is 0 Å². The molecule has 61 heavy (non-hydrogen) atoms. The van der Waals surface area contributed by atoms with Crippen LogP contribution in [0.5, 0.6) is 0 Å². The van der Waals surface area contributed by atoms with Gasteiger partial charge in [-0.3, -0.25) is 24.0 Å². The average molecular weight is 831 g/mol. The van der Waals surface area contributed by atoms with Gasteiger partial charge < -0.3 is 39.4 Å². The Balaban J connectivity index is 0.000000327. The van der Waals surface area contributed by atoms with E-state index >= 15 is 0 Å². The van der Waals surface area contributed by atoms with Crippen LogP contribution in [-0.4, -0.2) is 120 Å². The minimum atomic E-state index is -1.38. The highest BCUT2D eigenvalue weighted by Crippen LogP contribution is 2.18. The standard InChI is InChI=1S/C24H26N2O6.C22H20N2O5/c1-25-21(27)20(23(29)30-3)26(2)22(28)18-12-8-16(9-13-18)6-7-17-10-14-19(15-11-17)24(31-4)32-5;1-23-20(26)19(22(28)29-3)24(2)21(27)18-12-10-16(11-13-18)5-4-15-6-8-17(14-25)9-7-15/h8-15,20,24H,1-5H3,(H,25,27);6-14,19H,1-3H3,(H,23,26). The highest BCUT2D eigenvalue weighted by Gasteiger charge is 2.35. The number of hydrogen-bond donors (Lipinski definition) is 2. The lowest BCUT2D eigenvalue weighted by atomic mass is 10.1. The Hall–Kier alpha value is -7.59. The second-order valence-corrected chi connectivity index (χ2v) is 12.7. The summed E-state index contributed by atoms with van der Waals surface area (Å²) in [5.74, 6) is 8.10. The van der Waals surface area contributed by atoms with E-state index in [0.717, 1.165) is 47.0 Å². The van der Waals surface area contributed by atoms with Crippen molar-refractivity contribution in [1.29, 1.82) is 0 Å². The van der Waals surface area contributed by atoms with E-state index in [-0.39, 0.29) is 0 Å². The van der Waals surface area contributed by atoms with E-state index in [2.05, 4.69) is 43.8 Å². The van der Waals surface area contributed by atoms with Crippen LogP contribution in [0.1, 0.15) is 65.2 Å². The number of likely N-dealkylation sites (N-methyl/N-ethyl adjacent to an activating group) is 4. The predicted octanol–water partition coefficient (Wildman–Crippen LogP) is 3.00. The van der Waals surface area contributed by atoms with Crippen molar-refractivity contribution in [2.24, 2.45) is 0 Å². The maximum Gasteiger partial charge on any atom is 0.338 e. The number of amides is 4. The lowest BCUT2D eigenvalue weighted by Gasteiger charge is -2.24. The second kappa shape index (κ2) is 23.7. The quantitative estimate of drug-likeness (QED) is 0.0703. The molecule has 0 aliphatic rings. The summed E-state index contributed by atoms with van der Waals surface area (Å²) in [5, 5.41) is 4.70. The molecule has 0 aliphatic carbocycles. The zero-order valence-corrected chi connectivity index (χ0v) is 34.9. The van der Waals surface area contributed by atoms with Crippen LogP contribution in [0.25, 0.3) is 0 Å². The van der Waals surface area contributed by atoms with Gasteiger partial charge in [0.15, 0.2) is 6.29 Å². The summed E-state index contributed by atoms with van der Waals surface area (Å²) in [5.41, 5.74) is 5.01. The van der Waals surface area contributed by atoms with E-state index in [1.54, 1.807) is 87.0 Å². The molecule has 4 aromatic rings. The van der Waals surface area contributed by atoms with Gasteiger partial charge in [-0.2, -0.15) is 0 Å². The molecule has 15 heteroatoms. The molecule has 4 aromatic carbocycles. The summed E-state index contributed by atoms with van der Waals surface area (Å²) in [4.78, 5) is 85.9. The van der Waals surface area contributed by atoms with Crippen molar-refractivity contribution >= 4 is 41.9 Å². The molecular formula is C46H46N4O11. The number of esters is 2. The molecule has 0 saturated carbocycles. The maximum absolute atomic E-state index is 12.7. The van der Waals surface area contributed by atoms with Gasteiger partial charge in [-0.25, -0.2) is 9.59 Å². The zero-order valence-electron chi connectivity index (χ0n) is 34.9.